The Hall–Kier alpha value is -1.26. The van der Waals surface area contributed by atoms with E-state index in [-0.39, 0.29) is 11.9 Å². The third kappa shape index (κ3) is 2.28. The predicted octanol–water partition coefficient (Wildman–Crippen LogP) is 1.04. The molecule has 1 unspecified atom stereocenters. The maximum atomic E-state index is 11.8. The van der Waals surface area contributed by atoms with Crippen LogP contribution in [0.1, 0.15) is 32.1 Å². The van der Waals surface area contributed by atoms with Crippen molar-refractivity contribution in [2.45, 2.75) is 44.2 Å². The van der Waals surface area contributed by atoms with Crippen LogP contribution in [-0.4, -0.2) is 41.1 Å². The summed E-state index contributed by atoms with van der Waals surface area (Å²) in [6, 6.07) is -0.646. The van der Waals surface area contributed by atoms with Crippen molar-refractivity contribution in [3.63, 3.8) is 0 Å². The number of nitrogens with one attached hydrogen (secondary N) is 1. The standard InChI is InChI=1S/C11H18N2O3/c1-13(8-3-2-4-8)11(16)12-9(10(14)15)7-5-6-7/h7-9H,2-6H2,1H3,(H,12,16)(H,14,15). The summed E-state index contributed by atoms with van der Waals surface area (Å²) in [5.41, 5.74) is 0. The lowest BCUT2D eigenvalue weighted by molar-refractivity contribution is -0.139. The quantitative estimate of drug-likeness (QED) is 0.752. The van der Waals surface area contributed by atoms with E-state index in [1.807, 2.05) is 0 Å². The highest BCUT2D eigenvalue weighted by Gasteiger charge is 2.38. The molecule has 0 aliphatic heterocycles. The third-order valence-corrected chi connectivity index (χ3v) is 3.58. The van der Waals surface area contributed by atoms with Crippen molar-refractivity contribution in [1.29, 1.82) is 0 Å². The molecule has 0 saturated heterocycles. The van der Waals surface area contributed by atoms with E-state index in [4.69, 9.17) is 5.11 Å². The summed E-state index contributed by atoms with van der Waals surface area (Å²) in [6.07, 6.45) is 5.04. The van der Waals surface area contributed by atoms with Gasteiger partial charge in [-0.3, -0.25) is 0 Å². The first kappa shape index (κ1) is 11.2. The Balaban J connectivity index is 1.86. The Morgan fingerprint density at radius 2 is 1.94 bits per heavy atom. The van der Waals surface area contributed by atoms with Gasteiger partial charge in [0.2, 0.25) is 0 Å². The summed E-state index contributed by atoms with van der Waals surface area (Å²) in [4.78, 5) is 24.4. The van der Waals surface area contributed by atoms with Crippen LogP contribution in [0.4, 0.5) is 4.79 Å². The zero-order valence-corrected chi connectivity index (χ0v) is 9.48. The van der Waals surface area contributed by atoms with Crippen molar-refractivity contribution >= 4 is 12.0 Å². The van der Waals surface area contributed by atoms with Crippen LogP contribution >= 0.6 is 0 Å². The highest BCUT2D eigenvalue weighted by atomic mass is 16.4. The van der Waals surface area contributed by atoms with Crippen LogP contribution in [0.3, 0.4) is 0 Å². The maximum Gasteiger partial charge on any atom is 0.326 e. The fourth-order valence-corrected chi connectivity index (χ4v) is 1.99. The van der Waals surface area contributed by atoms with Crippen LogP contribution in [0.15, 0.2) is 0 Å². The normalized spacial score (nSPS) is 22.1. The number of carboxylic acids is 1. The first-order chi connectivity index (χ1) is 7.59. The fraction of sp³-hybridized carbons (Fsp3) is 0.818. The number of nitrogens with zero attached hydrogens (tertiary/aromatic N) is 1. The largest absolute Gasteiger partial charge is 0.480 e. The molecular weight excluding hydrogens is 208 g/mol. The minimum Gasteiger partial charge on any atom is -0.480 e. The molecule has 2 amide bonds. The van der Waals surface area contributed by atoms with Crippen LogP contribution in [0, 0.1) is 5.92 Å². The van der Waals surface area contributed by atoms with Crippen LogP contribution in [0.5, 0.6) is 0 Å². The first-order valence-electron chi connectivity index (χ1n) is 5.85. The number of hydrogen-bond acceptors (Lipinski definition) is 2. The Labute approximate surface area is 94.8 Å². The van der Waals surface area contributed by atoms with Gasteiger partial charge in [-0.15, -0.1) is 0 Å². The maximum absolute atomic E-state index is 11.8. The van der Waals surface area contributed by atoms with Crippen molar-refractivity contribution in [2.75, 3.05) is 7.05 Å². The number of carbonyl (C=O) groups excluding carboxylic acids is 1. The Morgan fingerprint density at radius 3 is 2.31 bits per heavy atom. The van der Waals surface area contributed by atoms with Gasteiger partial charge in [-0.25, -0.2) is 9.59 Å². The molecule has 1 atom stereocenters. The molecule has 2 saturated carbocycles. The highest BCUT2D eigenvalue weighted by Crippen LogP contribution is 2.33. The van der Waals surface area contributed by atoms with Crippen LogP contribution in [0.2, 0.25) is 0 Å². The second-order valence-electron chi connectivity index (χ2n) is 4.80. The molecule has 2 fully saturated rings. The first-order valence-corrected chi connectivity index (χ1v) is 5.85. The smallest absolute Gasteiger partial charge is 0.326 e. The van der Waals surface area contributed by atoms with Gasteiger partial charge in [0.15, 0.2) is 0 Å². The van der Waals surface area contributed by atoms with Crippen molar-refractivity contribution < 1.29 is 14.7 Å². The SMILES string of the molecule is CN(C(=O)NC(C(=O)O)C1CC1)C1CCC1. The van der Waals surface area contributed by atoms with Gasteiger partial charge in [0.1, 0.15) is 6.04 Å². The lowest BCUT2D eigenvalue weighted by Crippen LogP contribution is -2.52. The molecule has 0 heterocycles. The van der Waals surface area contributed by atoms with E-state index >= 15 is 0 Å². The molecule has 90 valence electrons. The van der Waals surface area contributed by atoms with E-state index in [0.29, 0.717) is 6.04 Å². The monoisotopic (exact) mass is 226 g/mol. The Kier molecular flexibility index (Phi) is 3.03. The molecule has 2 aliphatic rings. The van der Waals surface area contributed by atoms with Gasteiger partial charge in [0.05, 0.1) is 0 Å². The van der Waals surface area contributed by atoms with Gasteiger partial charge in [-0.05, 0) is 38.0 Å². The van der Waals surface area contributed by atoms with Crippen molar-refractivity contribution in [3.8, 4) is 0 Å². The molecule has 0 aromatic carbocycles. The molecule has 2 rings (SSSR count). The van der Waals surface area contributed by atoms with Gasteiger partial charge in [0.25, 0.3) is 0 Å². The third-order valence-electron chi connectivity index (χ3n) is 3.58. The number of rotatable bonds is 4. The molecular formula is C11H18N2O3. The van der Waals surface area contributed by atoms with Gasteiger partial charge >= 0.3 is 12.0 Å². The molecule has 0 aromatic rings. The topological polar surface area (TPSA) is 69.6 Å². The molecule has 2 N–H and O–H groups in total. The molecule has 5 nitrogen and oxygen atoms in total. The zero-order valence-electron chi connectivity index (χ0n) is 9.48. The molecule has 16 heavy (non-hydrogen) atoms. The number of urea groups is 1. The van der Waals surface area contributed by atoms with E-state index in [1.54, 1.807) is 11.9 Å². The molecule has 2 aliphatic carbocycles. The Bertz CT molecular complexity index is 298. The van der Waals surface area contributed by atoms with Crippen LogP contribution < -0.4 is 5.32 Å². The number of carboxylic acid groups (broad SMARTS) is 1. The van der Waals surface area contributed by atoms with Gasteiger partial charge in [-0.1, -0.05) is 0 Å². The minimum absolute atomic E-state index is 0.135. The zero-order chi connectivity index (χ0) is 11.7. The summed E-state index contributed by atoms with van der Waals surface area (Å²) in [5, 5.41) is 11.6. The molecule has 0 radical (unpaired) electrons. The molecule has 0 bridgehead atoms. The molecule has 0 spiro atoms. The summed E-state index contributed by atoms with van der Waals surface area (Å²) in [7, 11) is 1.74. The highest BCUT2D eigenvalue weighted by molar-refractivity contribution is 5.83. The van der Waals surface area contributed by atoms with E-state index in [2.05, 4.69) is 5.32 Å². The predicted molar refractivity (Wildman–Crippen MR) is 58.1 cm³/mol. The average Bonchev–Trinajstić information content (AvgIpc) is 2.93. The van der Waals surface area contributed by atoms with E-state index < -0.39 is 12.0 Å². The van der Waals surface area contributed by atoms with Crippen molar-refractivity contribution in [1.82, 2.24) is 10.2 Å². The lowest BCUT2D eigenvalue weighted by Gasteiger charge is -2.35. The summed E-state index contributed by atoms with van der Waals surface area (Å²) >= 11 is 0. The number of carbonyl (C=O) groups is 2. The number of amides is 2. The summed E-state index contributed by atoms with van der Waals surface area (Å²) < 4.78 is 0. The van der Waals surface area contributed by atoms with E-state index in [0.717, 1.165) is 32.1 Å². The Morgan fingerprint density at radius 1 is 1.31 bits per heavy atom. The van der Waals surface area contributed by atoms with E-state index in [9.17, 15) is 9.59 Å². The molecule has 5 heteroatoms. The summed E-state index contributed by atoms with van der Waals surface area (Å²) in [6.45, 7) is 0. The second-order valence-corrected chi connectivity index (χ2v) is 4.80. The lowest BCUT2D eigenvalue weighted by atomic mass is 9.92. The van der Waals surface area contributed by atoms with Crippen molar-refractivity contribution in [2.24, 2.45) is 5.92 Å². The number of aliphatic carboxylic acids is 1. The van der Waals surface area contributed by atoms with Crippen LogP contribution in [0.25, 0.3) is 0 Å². The second kappa shape index (κ2) is 4.31. The van der Waals surface area contributed by atoms with Crippen molar-refractivity contribution in [3.05, 3.63) is 0 Å². The van der Waals surface area contributed by atoms with Gasteiger partial charge < -0.3 is 15.3 Å². The average molecular weight is 226 g/mol. The summed E-state index contributed by atoms with van der Waals surface area (Å²) in [5.74, 6) is -0.783. The van der Waals surface area contributed by atoms with E-state index in [1.165, 1.54) is 0 Å². The van der Waals surface area contributed by atoms with Gasteiger partial charge in [0, 0.05) is 13.1 Å². The molecule has 0 aromatic heterocycles. The van der Waals surface area contributed by atoms with Crippen LogP contribution in [-0.2, 0) is 4.79 Å². The van der Waals surface area contributed by atoms with Gasteiger partial charge in [-0.2, -0.15) is 0 Å². The number of hydrogen-bond donors (Lipinski definition) is 2. The minimum atomic E-state index is -0.919. The fourth-order valence-electron chi connectivity index (χ4n) is 1.99.